The number of rotatable bonds is 4. The van der Waals surface area contributed by atoms with Crippen molar-refractivity contribution in [2.75, 3.05) is 11.4 Å². The van der Waals surface area contributed by atoms with Crippen LogP contribution in [-0.2, 0) is 4.79 Å². The molecule has 1 aliphatic rings. The van der Waals surface area contributed by atoms with E-state index in [1.165, 1.54) is 6.07 Å². The van der Waals surface area contributed by atoms with Crippen LogP contribution in [0.3, 0.4) is 0 Å². The van der Waals surface area contributed by atoms with E-state index in [-0.39, 0.29) is 5.69 Å². The van der Waals surface area contributed by atoms with Crippen LogP contribution in [0.1, 0.15) is 26.2 Å². The van der Waals surface area contributed by atoms with Crippen LogP contribution < -0.4 is 4.90 Å². The molecule has 1 atom stereocenters. The van der Waals surface area contributed by atoms with Gasteiger partial charge in [0.15, 0.2) is 0 Å². The van der Waals surface area contributed by atoms with Crippen molar-refractivity contribution in [2.24, 2.45) is 0 Å². The largest absolute Gasteiger partial charge is 0.479 e. The van der Waals surface area contributed by atoms with E-state index in [9.17, 15) is 20.0 Å². The molecule has 0 saturated carbocycles. The van der Waals surface area contributed by atoms with Gasteiger partial charge in [-0.2, -0.15) is 0 Å². The molecule has 2 heterocycles. The second kappa shape index (κ2) is 5.35. The molecular formula is C12H14BrN3O4. The Morgan fingerprint density at radius 1 is 1.70 bits per heavy atom. The molecule has 1 fully saturated rings. The number of anilines is 1. The van der Waals surface area contributed by atoms with E-state index in [0.29, 0.717) is 29.7 Å². The first-order valence-corrected chi connectivity index (χ1v) is 7.02. The van der Waals surface area contributed by atoms with Gasteiger partial charge in [0, 0.05) is 12.6 Å². The van der Waals surface area contributed by atoms with E-state index >= 15 is 0 Å². The van der Waals surface area contributed by atoms with Crippen molar-refractivity contribution < 1.29 is 14.8 Å². The van der Waals surface area contributed by atoms with Crippen molar-refractivity contribution in [3.63, 3.8) is 0 Å². The lowest BCUT2D eigenvalue weighted by Gasteiger charge is -2.35. The Labute approximate surface area is 123 Å². The van der Waals surface area contributed by atoms with Crippen molar-refractivity contribution in [1.29, 1.82) is 0 Å². The fourth-order valence-electron chi connectivity index (χ4n) is 2.65. The standard InChI is InChI=1S/C12H14BrN3O4/c1-2-12(11(17)18)4-3-5-15(12)10-9(13)6-8(7-14-10)16(19)20/h6-7H,2-5H2,1H3,(H,17,18). The number of carboxylic acid groups (broad SMARTS) is 1. The van der Waals surface area contributed by atoms with Gasteiger partial charge in [-0.25, -0.2) is 9.78 Å². The number of carbonyl (C=O) groups is 1. The third-order valence-electron chi connectivity index (χ3n) is 3.75. The predicted octanol–water partition coefficient (Wildman–Crippen LogP) is 2.59. The van der Waals surface area contributed by atoms with Gasteiger partial charge in [0.2, 0.25) is 0 Å². The highest BCUT2D eigenvalue weighted by Crippen LogP contribution is 2.39. The molecule has 1 saturated heterocycles. The molecule has 0 radical (unpaired) electrons. The zero-order valence-electron chi connectivity index (χ0n) is 10.9. The Hall–Kier alpha value is -1.70. The maximum Gasteiger partial charge on any atom is 0.329 e. The maximum atomic E-state index is 11.6. The summed E-state index contributed by atoms with van der Waals surface area (Å²) in [4.78, 5) is 27.6. The highest BCUT2D eigenvalue weighted by atomic mass is 79.9. The topological polar surface area (TPSA) is 96.6 Å². The van der Waals surface area contributed by atoms with Crippen molar-refractivity contribution in [2.45, 2.75) is 31.7 Å². The summed E-state index contributed by atoms with van der Waals surface area (Å²) >= 11 is 3.25. The minimum atomic E-state index is -0.981. The van der Waals surface area contributed by atoms with E-state index in [1.54, 1.807) is 4.90 Å². The van der Waals surface area contributed by atoms with Crippen LogP contribution in [0.2, 0.25) is 0 Å². The number of aromatic nitrogens is 1. The molecule has 1 N–H and O–H groups in total. The lowest BCUT2D eigenvalue weighted by atomic mass is 9.93. The summed E-state index contributed by atoms with van der Waals surface area (Å²) in [6.07, 6.45) is 2.91. The first kappa shape index (κ1) is 14.7. The van der Waals surface area contributed by atoms with Crippen LogP contribution in [0.25, 0.3) is 0 Å². The summed E-state index contributed by atoms with van der Waals surface area (Å²) in [5.74, 6) is -0.443. The van der Waals surface area contributed by atoms with Gasteiger partial charge in [0.25, 0.3) is 5.69 Å². The molecule has 2 rings (SSSR count). The summed E-state index contributed by atoms with van der Waals surface area (Å²) in [7, 11) is 0. The van der Waals surface area contributed by atoms with Crippen LogP contribution in [0, 0.1) is 10.1 Å². The van der Waals surface area contributed by atoms with Crippen LogP contribution in [0.5, 0.6) is 0 Å². The summed E-state index contributed by atoms with van der Waals surface area (Å²) in [5, 5.41) is 20.3. The van der Waals surface area contributed by atoms with Gasteiger partial charge in [0.05, 0.1) is 9.40 Å². The average molecular weight is 344 g/mol. The van der Waals surface area contributed by atoms with Gasteiger partial charge in [0.1, 0.15) is 17.6 Å². The molecular weight excluding hydrogens is 330 g/mol. The first-order valence-electron chi connectivity index (χ1n) is 6.23. The fraction of sp³-hybridized carbons (Fsp3) is 0.500. The third-order valence-corrected chi connectivity index (χ3v) is 4.33. The minimum Gasteiger partial charge on any atom is -0.479 e. The van der Waals surface area contributed by atoms with E-state index in [2.05, 4.69) is 20.9 Å². The van der Waals surface area contributed by atoms with Crippen molar-refractivity contribution in [3.8, 4) is 0 Å². The Morgan fingerprint density at radius 2 is 2.40 bits per heavy atom. The highest BCUT2D eigenvalue weighted by molar-refractivity contribution is 9.10. The van der Waals surface area contributed by atoms with Crippen LogP contribution in [-0.4, -0.2) is 33.1 Å². The summed E-state index contributed by atoms with van der Waals surface area (Å²) in [6, 6.07) is 1.35. The number of carboxylic acids is 1. The average Bonchev–Trinajstić information content (AvgIpc) is 2.83. The van der Waals surface area contributed by atoms with Gasteiger partial charge in [-0.3, -0.25) is 10.1 Å². The highest BCUT2D eigenvalue weighted by Gasteiger charge is 2.47. The molecule has 0 aliphatic carbocycles. The van der Waals surface area contributed by atoms with Gasteiger partial charge in [-0.1, -0.05) is 6.92 Å². The number of hydrogen-bond donors (Lipinski definition) is 1. The van der Waals surface area contributed by atoms with Gasteiger partial charge in [-0.05, 0) is 35.2 Å². The molecule has 20 heavy (non-hydrogen) atoms. The molecule has 1 aromatic rings. The Bertz CT molecular complexity index is 566. The summed E-state index contributed by atoms with van der Waals surface area (Å²) in [6.45, 7) is 2.40. The number of nitrogens with zero attached hydrogens (tertiary/aromatic N) is 3. The Balaban J connectivity index is 2.45. The predicted molar refractivity (Wildman–Crippen MR) is 75.8 cm³/mol. The molecule has 0 aromatic carbocycles. The molecule has 1 aromatic heterocycles. The van der Waals surface area contributed by atoms with Crippen molar-refractivity contribution in [1.82, 2.24) is 4.98 Å². The second-order valence-electron chi connectivity index (χ2n) is 4.70. The monoisotopic (exact) mass is 343 g/mol. The number of pyridine rings is 1. The lowest BCUT2D eigenvalue weighted by molar-refractivity contribution is -0.385. The summed E-state index contributed by atoms with van der Waals surface area (Å²) in [5.41, 5.74) is -1.11. The van der Waals surface area contributed by atoms with Gasteiger partial charge in [-0.15, -0.1) is 0 Å². The molecule has 1 unspecified atom stereocenters. The molecule has 8 heteroatoms. The molecule has 0 amide bonds. The number of aliphatic carboxylic acids is 1. The zero-order chi connectivity index (χ0) is 14.9. The number of nitro groups is 1. The maximum absolute atomic E-state index is 11.6. The SMILES string of the molecule is CCC1(C(=O)O)CCCN1c1ncc([N+](=O)[O-])cc1Br. The second-order valence-corrected chi connectivity index (χ2v) is 5.56. The Morgan fingerprint density at radius 3 is 2.90 bits per heavy atom. The molecule has 108 valence electrons. The normalized spacial score (nSPS) is 22.0. The number of hydrogen-bond acceptors (Lipinski definition) is 5. The van der Waals surface area contributed by atoms with E-state index < -0.39 is 16.4 Å². The molecule has 7 nitrogen and oxygen atoms in total. The molecule has 0 spiro atoms. The molecule has 0 bridgehead atoms. The quantitative estimate of drug-likeness (QED) is 0.666. The van der Waals surface area contributed by atoms with Crippen molar-refractivity contribution in [3.05, 3.63) is 26.9 Å². The van der Waals surface area contributed by atoms with Crippen LogP contribution in [0.4, 0.5) is 11.5 Å². The van der Waals surface area contributed by atoms with E-state index in [4.69, 9.17) is 0 Å². The third kappa shape index (κ3) is 2.24. The first-order chi connectivity index (χ1) is 9.42. The number of halogens is 1. The fourth-order valence-corrected chi connectivity index (χ4v) is 3.20. The smallest absolute Gasteiger partial charge is 0.329 e. The van der Waals surface area contributed by atoms with Crippen LogP contribution in [0.15, 0.2) is 16.7 Å². The zero-order valence-corrected chi connectivity index (χ0v) is 12.5. The summed E-state index contributed by atoms with van der Waals surface area (Å²) < 4.78 is 0.438. The van der Waals surface area contributed by atoms with E-state index in [1.807, 2.05) is 6.92 Å². The van der Waals surface area contributed by atoms with Gasteiger partial charge >= 0.3 is 5.97 Å². The Kier molecular flexibility index (Phi) is 3.94. The van der Waals surface area contributed by atoms with Crippen LogP contribution >= 0.6 is 15.9 Å². The minimum absolute atomic E-state index is 0.128. The van der Waals surface area contributed by atoms with Gasteiger partial charge < -0.3 is 10.0 Å². The van der Waals surface area contributed by atoms with E-state index in [0.717, 1.165) is 12.6 Å². The lowest BCUT2D eigenvalue weighted by Crippen LogP contribution is -2.50. The molecule has 1 aliphatic heterocycles. The van der Waals surface area contributed by atoms with Crippen molar-refractivity contribution >= 4 is 33.4 Å².